The lowest BCUT2D eigenvalue weighted by molar-refractivity contribution is -0.101. The zero-order chi connectivity index (χ0) is 22.0. The summed E-state index contributed by atoms with van der Waals surface area (Å²) in [7, 11) is 1.45. The summed E-state index contributed by atoms with van der Waals surface area (Å²) >= 11 is 0. The number of alkyl halides is 2. The lowest BCUT2D eigenvalue weighted by Crippen LogP contribution is -2.34. The van der Waals surface area contributed by atoms with Crippen LogP contribution in [0.25, 0.3) is 11.3 Å². The molecule has 0 bridgehead atoms. The van der Waals surface area contributed by atoms with Crippen molar-refractivity contribution in [1.29, 1.82) is 0 Å². The van der Waals surface area contributed by atoms with Gasteiger partial charge < -0.3 is 28.3 Å². The average Bonchev–Trinajstić information content (AvgIpc) is 2.78. The first-order valence-electron chi connectivity index (χ1n) is 10.2. The summed E-state index contributed by atoms with van der Waals surface area (Å²) < 4.78 is 54.4. The second-order valence-corrected chi connectivity index (χ2v) is 7.46. The molecule has 0 N–H and O–H groups in total. The Morgan fingerprint density at radius 1 is 1.16 bits per heavy atom. The number of pyridine rings is 1. The smallest absolute Gasteiger partial charge is 0.272 e. The molecular formula is C22H25F2NO6. The van der Waals surface area contributed by atoms with Crippen LogP contribution in [0.2, 0.25) is 0 Å². The Morgan fingerprint density at radius 2 is 2.00 bits per heavy atom. The number of ether oxygens (including phenoxy) is 5. The zero-order valence-electron chi connectivity index (χ0n) is 17.5. The van der Waals surface area contributed by atoms with Crippen LogP contribution in [0.5, 0.6) is 17.2 Å². The molecule has 0 radical (unpaired) electrons. The van der Waals surface area contributed by atoms with Gasteiger partial charge in [-0.25, -0.2) is 8.78 Å². The number of aryl methyl sites for hydroxylation is 1. The fourth-order valence-corrected chi connectivity index (χ4v) is 3.95. The maximum atomic E-state index is 12.8. The summed E-state index contributed by atoms with van der Waals surface area (Å²) in [6.45, 7) is 3.46. The molecule has 0 aliphatic carbocycles. The van der Waals surface area contributed by atoms with Crippen molar-refractivity contribution in [2.75, 3.05) is 40.1 Å². The standard InChI is InChI=1S/C22H25F2NO6/c1-13-17(30-11-15-10-28-5-6-29-15)9-21(26)25-4-3-14-7-19(31-12-20(23)24)18(27-2)8-16(14)22(13)25/h7-9,15,20H,3-6,10-12H2,1-2H3. The minimum Gasteiger partial charge on any atom is -0.493 e. The molecule has 168 valence electrons. The van der Waals surface area contributed by atoms with Crippen LogP contribution in [-0.2, 0) is 22.4 Å². The average molecular weight is 437 g/mol. The Bertz CT molecular complexity index is 1000. The fraction of sp³-hybridized carbons (Fsp3) is 0.500. The van der Waals surface area contributed by atoms with Crippen molar-refractivity contribution in [1.82, 2.24) is 4.57 Å². The Balaban J connectivity index is 1.69. The summed E-state index contributed by atoms with van der Waals surface area (Å²) in [5.74, 6) is 1.07. The van der Waals surface area contributed by atoms with E-state index >= 15 is 0 Å². The largest absolute Gasteiger partial charge is 0.493 e. The van der Waals surface area contributed by atoms with Gasteiger partial charge in [-0.3, -0.25) is 4.79 Å². The lowest BCUT2D eigenvalue weighted by Gasteiger charge is -2.27. The third kappa shape index (κ3) is 4.52. The minimum atomic E-state index is -2.58. The third-order valence-electron chi connectivity index (χ3n) is 5.44. The first kappa shape index (κ1) is 21.6. The summed E-state index contributed by atoms with van der Waals surface area (Å²) in [4.78, 5) is 12.8. The van der Waals surface area contributed by atoms with Gasteiger partial charge in [-0.2, -0.15) is 0 Å². The van der Waals surface area contributed by atoms with Crippen LogP contribution >= 0.6 is 0 Å². The van der Waals surface area contributed by atoms with E-state index in [1.165, 1.54) is 13.2 Å². The number of rotatable bonds is 7. The summed E-state index contributed by atoms with van der Waals surface area (Å²) in [5.41, 5.74) is 3.06. The van der Waals surface area contributed by atoms with Crippen molar-refractivity contribution >= 4 is 0 Å². The normalized spacial score (nSPS) is 17.8. The van der Waals surface area contributed by atoms with E-state index in [9.17, 15) is 13.6 Å². The van der Waals surface area contributed by atoms with Crippen LogP contribution in [0.1, 0.15) is 11.1 Å². The van der Waals surface area contributed by atoms with Crippen LogP contribution in [0.15, 0.2) is 23.0 Å². The highest BCUT2D eigenvalue weighted by molar-refractivity contribution is 5.74. The molecule has 3 heterocycles. The minimum absolute atomic E-state index is 0.168. The number of halogens is 2. The van der Waals surface area contributed by atoms with Gasteiger partial charge in [0.1, 0.15) is 25.1 Å². The lowest BCUT2D eigenvalue weighted by atomic mass is 9.93. The van der Waals surface area contributed by atoms with E-state index in [1.54, 1.807) is 16.7 Å². The van der Waals surface area contributed by atoms with Crippen LogP contribution in [-0.4, -0.2) is 57.2 Å². The maximum Gasteiger partial charge on any atom is 0.272 e. The van der Waals surface area contributed by atoms with Crippen LogP contribution < -0.4 is 19.8 Å². The molecule has 0 saturated carbocycles. The van der Waals surface area contributed by atoms with Gasteiger partial charge in [0.05, 0.1) is 32.6 Å². The van der Waals surface area contributed by atoms with Gasteiger partial charge in [0.25, 0.3) is 12.0 Å². The molecule has 2 aliphatic rings. The summed E-state index contributed by atoms with van der Waals surface area (Å²) in [5, 5.41) is 0. The number of benzene rings is 1. The van der Waals surface area contributed by atoms with E-state index in [-0.39, 0.29) is 24.0 Å². The number of nitrogens with zero attached hydrogens (tertiary/aromatic N) is 1. The maximum absolute atomic E-state index is 12.8. The first-order chi connectivity index (χ1) is 15.0. The molecule has 1 atom stereocenters. The van der Waals surface area contributed by atoms with E-state index in [0.29, 0.717) is 44.3 Å². The van der Waals surface area contributed by atoms with E-state index in [2.05, 4.69) is 0 Å². The monoisotopic (exact) mass is 437 g/mol. The quantitative estimate of drug-likeness (QED) is 0.664. The van der Waals surface area contributed by atoms with Gasteiger partial charge in [0, 0.05) is 23.7 Å². The van der Waals surface area contributed by atoms with Crippen LogP contribution in [0.3, 0.4) is 0 Å². The highest BCUT2D eigenvalue weighted by Gasteiger charge is 2.25. The van der Waals surface area contributed by atoms with Gasteiger partial charge in [0.15, 0.2) is 11.5 Å². The SMILES string of the molecule is COc1cc2c(cc1OCC(F)F)CCn1c-2c(C)c(OCC2COCCO2)cc1=O. The number of hydrogen-bond donors (Lipinski definition) is 0. The molecule has 31 heavy (non-hydrogen) atoms. The van der Waals surface area contributed by atoms with E-state index < -0.39 is 13.0 Å². The molecule has 0 amide bonds. The van der Waals surface area contributed by atoms with Crippen LogP contribution in [0, 0.1) is 6.92 Å². The Morgan fingerprint density at radius 3 is 2.71 bits per heavy atom. The third-order valence-corrected chi connectivity index (χ3v) is 5.44. The predicted molar refractivity (Wildman–Crippen MR) is 109 cm³/mol. The highest BCUT2D eigenvalue weighted by atomic mass is 19.3. The predicted octanol–water partition coefficient (Wildman–Crippen LogP) is 2.83. The zero-order valence-corrected chi connectivity index (χ0v) is 17.5. The van der Waals surface area contributed by atoms with Crippen molar-refractivity contribution in [3.05, 3.63) is 39.7 Å². The molecule has 1 aromatic carbocycles. The molecule has 1 saturated heterocycles. The second kappa shape index (κ2) is 9.23. The van der Waals surface area contributed by atoms with Crippen molar-refractivity contribution < 1.29 is 32.5 Å². The Kier molecular flexibility index (Phi) is 6.43. The van der Waals surface area contributed by atoms with Crippen molar-refractivity contribution in [2.24, 2.45) is 0 Å². The highest BCUT2D eigenvalue weighted by Crippen LogP contribution is 2.41. The molecule has 0 spiro atoms. The Labute approximate surface area is 178 Å². The number of aromatic nitrogens is 1. The molecule has 9 heteroatoms. The second-order valence-electron chi connectivity index (χ2n) is 7.46. The molecule has 1 aromatic heterocycles. The van der Waals surface area contributed by atoms with E-state index in [1.807, 2.05) is 6.92 Å². The van der Waals surface area contributed by atoms with Crippen molar-refractivity contribution in [3.63, 3.8) is 0 Å². The summed E-state index contributed by atoms with van der Waals surface area (Å²) in [6.07, 6.45) is -2.20. The Hall–Kier alpha value is -2.65. The van der Waals surface area contributed by atoms with E-state index in [4.69, 9.17) is 23.7 Å². The molecule has 7 nitrogen and oxygen atoms in total. The van der Waals surface area contributed by atoms with Gasteiger partial charge in [0.2, 0.25) is 0 Å². The molecule has 1 unspecified atom stereocenters. The molecule has 2 aliphatic heterocycles. The molecular weight excluding hydrogens is 412 g/mol. The van der Waals surface area contributed by atoms with Gasteiger partial charge in [-0.05, 0) is 31.0 Å². The van der Waals surface area contributed by atoms with Gasteiger partial charge in [-0.15, -0.1) is 0 Å². The number of hydrogen-bond acceptors (Lipinski definition) is 6. The van der Waals surface area contributed by atoms with Crippen LogP contribution in [0.4, 0.5) is 8.78 Å². The van der Waals surface area contributed by atoms with Gasteiger partial charge >= 0.3 is 0 Å². The number of methoxy groups -OCH3 is 1. The van der Waals surface area contributed by atoms with Gasteiger partial charge in [-0.1, -0.05) is 0 Å². The molecule has 1 fully saturated rings. The summed E-state index contributed by atoms with van der Waals surface area (Å²) in [6, 6.07) is 4.94. The van der Waals surface area contributed by atoms with Crippen molar-refractivity contribution in [2.45, 2.75) is 32.4 Å². The molecule has 4 rings (SSSR count). The van der Waals surface area contributed by atoms with Crippen molar-refractivity contribution in [3.8, 4) is 28.5 Å². The number of fused-ring (bicyclic) bond motifs is 3. The fourth-order valence-electron chi connectivity index (χ4n) is 3.95. The first-order valence-corrected chi connectivity index (χ1v) is 10.2. The topological polar surface area (TPSA) is 68.2 Å². The van der Waals surface area contributed by atoms with E-state index in [0.717, 1.165) is 22.4 Å². The molecule has 2 aromatic rings.